The van der Waals surface area contributed by atoms with Gasteiger partial charge in [0.15, 0.2) is 0 Å². The molecule has 0 bridgehead atoms. The van der Waals surface area contributed by atoms with E-state index in [4.69, 9.17) is 0 Å². The fraction of sp³-hybridized carbons (Fsp3) is 0.118. The van der Waals surface area contributed by atoms with E-state index in [1.54, 1.807) is 18.2 Å². The highest BCUT2D eigenvalue weighted by Gasteiger charge is 2.14. The van der Waals surface area contributed by atoms with Gasteiger partial charge in [0.25, 0.3) is 5.91 Å². The Morgan fingerprint density at radius 1 is 1.08 bits per heavy atom. The molecule has 0 aliphatic rings. The summed E-state index contributed by atoms with van der Waals surface area (Å²) in [5.74, 6) is -0.203. The molecule has 0 aliphatic carbocycles. The van der Waals surface area contributed by atoms with Crippen LogP contribution in [-0.4, -0.2) is 25.9 Å². The lowest BCUT2D eigenvalue weighted by Gasteiger charge is -2.06. The van der Waals surface area contributed by atoms with Gasteiger partial charge in [0.1, 0.15) is 4.21 Å². The zero-order valence-corrected chi connectivity index (χ0v) is 15.1. The van der Waals surface area contributed by atoms with Crippen LogP contribution in [0.15, 0.2) is 65.1 Å². The Labute approximate surface area is 150 Å². The van der Waals surface area contributed by atoms with Gasteiger partial charge in [0.2, 0.25) is 10.0 Å². The zero-order chi connectivity index (χ0) is 17.9. The van der Waals surface area contributed by atoms with Gasteiger partial charge in [-0.25, -0.2) is 13.1 Å². The second-order valence-corrected chi connectivity index (χ2v) is 8.53. The summed E-state index contributed by atoms with van der Waals surface area (Å²) in [6, 6.07) is 14.4. The number of carbonyl (C=O) groups is 1. The maximum Gasteiger partial charge on any atom is 0.251 e. The van der Waals surface area contributed by atoms with Crippen LogP contribution in [-0.2, 0) is 16.6 Å². The Hall–Kier alpha value is -2.42. The molecule has 0 atom stereocenters. The van der Waals surface area contributed by atoms with Crippen LogP contribution in [0.5, 0.6) is 0 Å². The van der Waals surface area contributed by atoms with Gasteiger partial charge in [-0.2, -0.15) is 0 Å². The van der Waals surface area contributed by atoms with E-state index in [9.17, 15) is 13.2 Å². The summed E-state index contributed by atoms with van der Waals surface area (Å²) in [7, 11) is -2.07. The minimum Gasteiger partial charge on any atom is -0.347 e. The molecule has 6 nitrogen and oxygen atoms in total. The van der Waals surface area contributed by atoms with Crippen LogP contribution in [0.3, 0.4) is 0 Å². The smallest absolute Gasteiger partial charge is 0.251 e. The number of hydrogen-bond donors (Lipinski definition) is 2. The molecule has 3 aromatic rings. The Balaban J connectivity index is 1.63. The predicted octanol–water partition coefficient (Wildman–Crippen LogP) is 2.38. The van der Waals surface area contributed by atoms with E-state index >= 15 is 0 Å². The number of thiophene rings is 1. The topological polar surface area (TPSA) is 80.2 Å². The van der Waals surface area contributed by atoms with Gasteiger partial charge in [-0.05, 0) is 55.6 Å². The van der Waals surface area contributed by atoms with Crippen molar-refractivity contribution in [1.29, 1.82) is 0 Å². The highest BCUT2D eigenvalue weighted by molar-refractivity contribution is 7.91. The molecule has 8 heteroatoms. The lowest BCUT2D eigenvalue weighted by Crippen LogP contribution is -2.22. The molecule has 0 radical (unpaired) electrons. The number of rotatable bonds is 6. The average molecular weight is 375 g/mol. The molecule has 0 aliphatic heterocycles. The fourth-order valence-electron chi connectivity index (χ4n) is 2.26. The highest BCUT2D eigenvalue weighted by atomic mass is 32.2. The molecule has 0 spiro atoms. The van der Waals surface area contributed by atoms with Crippen LogP contribution < -0.4 is 10.0 Å². The molecule has 2 aromatic heterocycles. The monoisotopic (exact) mass is 375 g/mol. The number of benzene rings is 1. The summed E-state index contributed by atoms with van der Waals surface area (Å²) in [4.78, 5) is 13.0. The summed E-state index contributed by atoms with van der Waals surface area (Å²) >= 11 is 1.13. The number of nitrogens with one attached hydrogen (secondary N) is 2. The first-order valence-corrected chi connectivity index (χ1v) is 9.83. The second kappa shape index (κ2) is 7.22. The summed E-state index contributed by atoms with van der Waals surface area (Å²) in [6.07, 6.45) is 3.87. The van der Waals surface area contributed by atoms with Crippen molar-refractivity contribution in [2.24, 2.45) is 0 Å². The van der Waals surface area contributed by atoms with Gasteiger partial charge in [-0.3, -0.25) is 4.79 Å². The van der Waals surface area contributed by atoms with Crippen molar-refractivity contribution in [3.05, 3.63) is 71.4 Å². The zero-order valence-electron chi connectivity index (χ0n) is 13.5. The van der Waals surface area contributed by atoms with Gasteiger partial charge in [0.05, 0.1) is 6.54 Å². The third-order valence-corrected chi connectivity index (χ3v) is 6.62. The van der Waals surface area contributed by atoms with Crippen molar-refractivity contribution in [1.82, 2.24) is 14.6 Å². The predicted molar refractivity (Wildman–Crippen MR) is 97.5 cm³/mol. The minimum atomic E-state index is -3.44. The van der Waals surface area contributed by atoms with Crippen LogP contribution in [0.4, 0.5) is 0 Å². The summed E-state index contributed by atoms with van der Waals surface area (Å²) < 4.78 is 27.9. The van der Waals surface area contributed by atoms with Crippen LogP contribution in [0.2, 0.25) is 0 Å². The summed E-state index contributed by atoms with van der Waals surface area (Å²) in [6.45, 7) is 0.280. The number of amides is 1. The van der Waals surface area contributed by atoms with Crippen molar-refractivity contribution in [2.75, 3.05) is 7.05 Å². The molecule has 0 saturated carbocycles. The van der Waals surface area contributed by atoms with Gasteiger partial charge >= 0.3 is 0 Å². The second-order valence-electron chi connectivity index (χ2n) is 5.25. The molecule has 0 fully saturated rings. The number of aromatic nitrogens is 1. The van der Waals surface area contributed by atoms with Crippen LogP contribution in [0.25, 0.3) is 5.69 Å². The van der Waals surface area contributed by atoms with Crippen molar-refractivity contribution in [2.45, 2.75) is 10.8 Å². The van der Waals surface area contributed by atoms with E-state index in [1.165, 1.54) is 13.1 Å². The molecule has 1 amide bonds. The van der Waals surface area contributed by atoms with Crippen LogP contribution in [0, 0.1) is 0 Å². The van der Waals surface area contributed by atoms with Gasteiger partial charge in [-0.1, -0.05) is 0 Å². The molecular formula is C17H17N3O3S2. The number of nitrogens with zero attached hydrogens (tertiary/aromatic N) is 1. The fourth-order valence-corrected chi connectivity index (χ4v) is 4.39. The van der Waals surface area contributed by atoms with E-state index in [1.807, 2.05) is 41.2 Å². The normalized spacial score (nSPS) is 11.4. The summed E-state index contributed by atoms with van der Waals surface area (Å²) in [5, 5.41) is 2.80. The molecular weight excluding hydrogens is 358 g/mol. The Morgan fingerprint density at radius 3 is 2.40 bits per heavy atom. The number of hydrogen-bond acceptors (Lipinski definition) is 4. The van der Waals surface area contributed by atoms with Crippen LogP contribution >= 0.6 is 11.3 Å². The van der Waals surface area contributed by atoms with Crippen molar-refractivity contribution in [3.63, 3.8) is 0 Å². The van der Waals surface area contributed by atoms with Gasteiger partial charge in [0, 0.05) is 28.5 Å². The number of carbonyl (C=O) groups excluding carboxylic acids is 1. The quantitative estimate of drug-likeness (QED) is 0.694. The third kappa shape index (κ3) is 3.98. The maximum absolute atomic E-state index is 12.2. The SMILES string of the molecule is CNS(=O)(=O)c1ccc(CNC(=O)c2ccc(-n3cccc3)cc2)s1. The lowest BCUT2D eigenvalue weighted by atomic mass is 10.2. The first-order valence-electron chi connectivity index (χ1n) is 7.53. The third-order valence-electron chi connectivity index (χ3n) is 3.63. The maximum atomic E-state index is 12.2. The molecule has 2 N–H and O–H groups in total. The van der Waals surface area contributed by atoms with E-state index in [2.05, 4.69) is 10.0 Å². The molecule has 130 valence electrons. The average Bonchev–Trinajstić information content (AvgIpc) is 3.32. The standard InChI is InChI=1S/C17H17N3O3S2/c1-18-25(22,23)16-9-8-15(24-16)12-19-17(21)13-4-6-14(7-5-13)20-10-2-3-11-20/h2-11,18H,12H2,1H3,(H,19,21). The first-order chi connectivity index (χ1) is 12.0. The molecule has 0 unspecified atom stereocenters. The summed E-state index contributed by atoms with van der Waals surface area (Å²) in [5.41, 5.74) is 1.53. The largest absolute Gasteiger partial charge is 0.347 e. The van der Waals surface area contributed by atoms with Gasteiger partial charge < -0.3 is 9.88 Å². The highest BCUT2D eigenvalue weighted by Crippen LogP contribution is 2.21. The van der Waals surface area contributed by atoms with E-state index in [-0.39, 0.29) is 16.7 Å². The number of sulfonamides is 1. The molecule has 25 heavy (non-hydrogen) atoms. The van der Waals surface area contributed by atoms with Crippen molar-refractivity contribution in [3.8, 4) is 5.69 Å². The lowest BCUT2D eigenvalue weighted by molar-refractivity contribution is 0.0951. The molecule has 1 aromatic carbocycles. The minimum absolute atomic E-state index is 0.203. The Kier molecular flexibility index (Phi) is 5.03. The van der Waals surface area contributed by atoms with Gasteiger partial charge in [-0.15, -0.1) is 11.3 Å². The van der Waals surface area contributed by atoms with E-state index < -0.39 is 10.0 Å². The molecule has 0 saturated heterocycles. The molecule has 3 rings (SSSR count). The molecule has 2 heterocycles. The van der Waals surface area contributed by atoms with E-state index in [0.29, 0.717) is 5.56 Å². The first kappa shape index (κ1) is 17.4. The van der Waals surface area contributed by atoms with Crippen LogP contribution in [0.1, 0.15) is 15.2 Å². The van der Waals surface area contributed by atoms with Crippen molar-refractivity contribution < 1.29 is 13.2 Å². The Morgan fingerprint density at radius 2 is 1.76 bits per heavy atom. The Bertz CT molecular complexity index is 959. The van der Waals surface area contributed by atoms with Crippen molar-refractivity contribution >= 4 is 27.3 Å². The van der Waals surface area contributed by atoms with E-state index in [0.717, 1.165) is 21.9 Å².